The molecule has 0 amide bonds. The number of aromatic amines is 1. The van der Waals surface area contributed by atoms with E-state index in [0.29, 0.717) is 6.42 Å². The van der Waals surface area contributed by atoms with Gasteiger partial charge in [-0.05, 0) is 6.92 Å². The maximum absolute atomic E-state index is 11.6. The highest BCUT2D eigenvalue weighted by Crippen LogP contribution is 1.99. The van der Waals surface area contributed by atoms with Crippen LogP contribution in [0.15, 0.2) is 12.5 Å². The quantitative estimate of drug-likeness (QED) is 0.603. The zero-order chi connectivity index (χ0) is 12.2. The smallest absolute Gasteiger partial charge is 0.220 e. The first-order valence-corrected chi connectivity index (χ1v) is 6.64. The van der Waals surface area contributed by atoms with E-state index in [1.807, 2.05) is 0 Å². The average molecular weight is 262 g/mol. The van der Waals surface area contributed by atoms with Crippen LogP contribution in [-0.4, -0.2) is 35.2 Å². The van der Waals surface area contributed by atoms with Gasteiger partial charge in [0.05, 0.1) is 11.3 Å². The van der Waals surface area contributed by atoms with Crippen molar-refractivity contribution in [2.75, 3.05) is 6.54 Å². The highest BCUT2D eigenvalue weighted by Gasteiger charge is 2.22. The SMILES string of the molecule is CC(C(N)=S)S(=O)(=O)NCCc1cnc[nH]1. The van der Waals surface area contributed by atoms with Crippen molar-refractivity contribution in [1.82, 2.24) is 14.7 Å². The average Bonchev–Trinajstić information content (AvgIpc) is 2.69. The number of imidazole rings is 1. The van der Waals surface area contributed by atoms with E-state index in [4.69, 9.17) is 5.73 Å². The van der Waals surface area contributed by atoms with E-state index in [9.17, 15) is 8.42 Å². The Morgan fingerprint density at radius 1 is 1.75 bits per heavy atom. The molecule has 1 rings (SSSR count). The van der Waals surface area contributed by atoms with E-state index >= 15 is 0 Å². The lowest BCUT2D eigenvalue weighted by Crippen LogP contribution is -2.40. The third-order valence-corrected chi connectivity index (χ3v) is 4.41. The second kappa shape index (κ2) is 5.37. The Bertz CT molecular complexity index is 441. The van der Waals surface area contributed by atoms with Crippen LogP contribution in [0.25, 0.3) is 0 Å². The van der Waals surface area contributed by atoms with Crippen molar-refractivity contribution in [2.45, 2.75) is 18.6 Å². The van der Waals surface area contributed by atoms with Crippen LogP contribution in [0.4, 0.5) is 0 Å². The number of hydrogen-bond acceptors (Lipinski definition) is 4. The Labute approximate surface area is 99.7 Å². The number of nitrogens with two attached hydrogens (primary N) is 1. The summed E-state index contributed by atoms with van der Waals surface area (Å²) in [6, 6.07) is 0. The van der Waals surface area contributed by atoms with Crippen molar-refractivity contribution in [3.63, 3.8) is 0 Å². The Morgan fingerprint density at radius 2 is 2.44 bits per heavy atom. The monoisotopic (exact) mass is 262 g/mol. The van der Waals surface area contributed by atoms with Crippen LogP contribution in [0.1, 0.15) is 12.6 Å². The molecule has 1 heterocycles. The maximum atomic E-state index is 11.6. The molecule has 1 atom stereocenters. The Kier molecular flexibility index (Phi) is 4.39. The number of H-pyrrole nitrogens is 1. The fourth-order valence-electron chi connectivity index (χ4n) is 1.03. The van der Waals surface area contributed by atoms with Crippen LogP contribution in [0.3, 0.4) is 0 Å². The van der Waals surface area contributed by atoms with Gasteiger partial charge < -0.3 is 10.7 Å². The third-order valence-electron chi connectivity index (χ3n) is 2.12. The first-order chi connectivity index (χ1) is 7.43. The molecule has 0 saturated carbocycles. The number of sulfonamides is 1. The fourth-order valence-corrected chi connectivity index (χ4v) is 2.35. The molecule has 0 fully saturated rings. The second-order valence-corrected chi connectivity index (χ2v) is 5.87. The maximum Gasteiger partial charge on any atom is 0.220 e. The molecule has 8 heteroatoms. The molecular formula is C8H14N4O2S2. The van der Waals surface area contributed by atoms with Crippen LogP contribution >= 0.6 is 12.2 Å². The summed E-state index contributed by atoms with van der Waals surface area (Å²) in [7, 11) is -3.46. The topological polar surface area (TPSA) is 101 Å². The molecule has 0 aliphatic carbocycles. The molecule has 0 aliphatic rings. The normalized spacial score (nSPS) is 13.6. The molecular weight excluding hydrogens is 248 g/mol. The van der Waals surface area contributed by atoms with Crippen molar-refractivity contribution in [1.29, 1.82) is 0 Å². The molecule has 0 aromatic carbocycles. The van der Waals surface area contributed by atoms with Crippen molar-refractivity contribution in [3.05, 3.63) is 18.2 Å². The molecule has 0 bridgehead atoms. The molecule has 0 aliphatic heterocycles. The Morgan fingerprint density at radius 3 is 2.94 bits per heavy atom. The molecule has 6 nitrogen and oxygen atoms in total. The van der Waals surface area contributed by atoms with Crippen molar-refractivity contribution >= 4 is 27.2 Å². The summed E-state index contributed by atoms with van der Waals surface area (Å²) in [5.41, 5.74) is 6.15. The second-order valence-electron chi connectivity index (χ2n) is 3.31. The third kappa shape index (κ3) is 3.54. The van der Waals surface area contributed by atoms with E-state index in [-0.39, 0.29) is 11.5 Å². The molecule has 1 unspecified atom stereocenters. The van der Waals surface area contributed by atoms with Crippen molar-refractivity contribution < 1.29 is 8.42 Å². The van der Waals surface area contributed by atoms with Gasteiger partial charge in [-0.3, -0.25) is 0 Å². The molecule has 90 valence electrons. The predicted octanol–water partition coefficient (Wildman–Crippen LogP) is -0.454. The summed E-state index contributed by atoms with van der Waals surface area (Å²) in [6.07, 6.45) is 3.73. The summed E-state index contributed by atoms with van der Waals surface area (Å²) in [4.78, 5) is 6.67. The minimum Gasteiger partial charge on any atom is -0.392 e. The van der Waals surface area contributed by atoms with Gasteiger partial charge in [-0.1, -0.05) is 12.2 Å². The Hall–Kier alpha value is -0.990. The zero-order valence-electron chi connectivity index (χ0n) is 8.80. The minimum atomic E-state index is -3.46. The minimum absolute atomic E-state index is 0.0333. The van der Waals surface area contributed by atoms with E-state index in [2.05, 4.69) is 26.9 Å². The van der Waals surface area contributed by atoms with Gasteiger partial charge in [-0.15, -0.1) is 0 Å². The number of rotatable bonds is 6. The molecule has 0 radical (unpaired) electrons. The highest BCUT2D eigenvalue weighted by molar-refractivity contribution is 7.93. The molecule has 16 heavy (non-hydrogen) atoms. The molecule has 1 aromatic rings. The number of thiocarbonyl (C=S) groups is 1. The summed E-state index contributed by atoms with van der Waals surface area (Å²) in [5.74, 6) is 0. The van der Waals surface area contributed by atoms with Crippen LogP contribution in [-0.2, 0) is 16.4 Å². The standard InChI is InChI=1S/C8H14N4O2S2/c1-6(8(9)15)16(13,14)12-3-2-7-4-10-5-11-7/h4-6,12H,2-3H2,1H3,(H2,9,15)(H,10,11). The number of nitrogens with one attached hydrogen (secondary N) is 2. The first-order valence-electron chi connectivity index (χ1n) is 4.68. The summed E-state index contributed by atoms with van der Waals surface area (Å²) in [5, 5.41) is -0.857. The number of aromatic nitrogens is 2. The summed E-state index contributed by atoms with van der Waals surface area (Å²) in [6.45, 7) is 1.75. The molecule has 0 spiro atoms. The number of nitrogens with zero attached hydrogens (tertiary/aromatic N) is 1. The van der Waals surface area contributed by atoms with Crippen LogP contribution in [0, 0.1) is 0 Å². The molecule has 4 N–H and O–H groups in total. The van der Waals surface area contributed by atoms with Crippen molar-refractivity contribution in [3.8, 4) is 0 Å². The van der Waals surface area contributed by atoms with Gasteiger partial charge in [0.2, 0.25) is 10.0 Å². The van der Waals surface area contributed by atoms with Gasteiger partial charge >= 0.3 is 0 Å². The molecule has 1 aromatic heterocycles. The largest absolute Gasteiger partial charge is 0.392 e. The van der Waals surface area contributed by atoms with Gasteiger partial charge in [0.1, 0.15) is 5.25 Å². The molecule has 0 saturated heterocycles. The highest BCUT2D eigenvalue weighted by atomic mass is 32.2. The van der Waals surface area contributed by atoms with Gasteiger partial charge in [0, 0.05) is 24.9 Å². The van der Waals surface area contributed by atoms with Crippen LogP contribution in [0.2, 0.25) is 0 Å². The summed E-state index contributed by atoms with van der Waals surface area (Å²) >= 11 is 4.64. The van der Waals surface area contributed by atoms with E-state index in [0.717, 1.165) is 5.69 Å². The van der Waals surface area contributed by atoms with E-state index in [1.165, 1.54) is 6.92 Å². The summed E-state index contributed by atoms with van der Waals surface area (Å²) < 4.78 is 25.6. The van der Waals surface area contributed by atoms with E-state index in [1.54, 1.807) is 12.5 Å². The van der Waals surface area contributed by atoms with Crippen LogP contribution < -0.4 is 10.5 Å². The van der Waals surface area contributed by atoms with Gasteiger partial charge in [-0.25, -0.2) is 18.1 Å². The van der Waals surface area contributed by atoms with Crippen LogP contribution in [0.5, 0.6) is 0 Å². The van der Waals surface area contributed by atoms with Gasteiger partial charge in [0.25, 0.3) is 0 Å². The number of hydrogen-bond donors (Lipinski definition) is 3. The van der Waals surface area contributed by atoms with E-state index < -0.39 is 15.3 Å². The lowest BCUT2D eigenvalue weighted by Gasteiger charge is -2.11. The Balaban J connectivity index is 2.46. The predicted molar refractivity (Wildman–Crippen MR) is 65.5 cm³/mol. The van der Waals surface area contributed by atoms with Gasteiger partial charge in [-0.2, -0.15) is 0 Å². The lowest BCUT2D eigenvalue weighted by atomic mass is 10.3. The van der Waals surface area contributed by atoms with Crippen molar-refractivity contribution in [2.24, 2.45) is 5.73 Å². The fraction of sp³-hybridized carbons (Fsp3) is 0.500. The lowest BCUT2D eigenvalue weighted by molar-refractivity contribution is 0.578. The van der Waals surface area contributed by atoms with Gasteiger partial charge in [0.15, 0.2) is 0 Å². The first kappa shape index (κ1) is 13.1. The zero-order valence-corrected chi connectivity index (χ0v) is 10.4.